The average Bonchev–Trinajstić information content (AvgIpc) is 3.32. The molecule has 4 nitrogen and oxygen atoms in total. The van der Waals surface area contributed by atoms with Crippen molar-refractivity contribution in [3.8, 4) is 5.69 Å². The van der Waals surface area contributed by atoms with E-state index in [0.29, 0.717) is 18.4 Å². The second-order valence-electron chi connectivity index (χ2n) is 7.87. The van der Waals surface area contributed by atoms with Crippen molar-refractivity contribution in [2.24, 2.45) is 17.8 Å². The lowest BCUT2D eigenvalue weighted by Gasteiger charge is -2.26. The number of aryl methyl sites for hydroxylation is 1. The third-order valence-corrected chi connectivity index (χ3v) is 6.27. The molecule has 2 aliphatic rings. The molecular formula is C21H27N3O. The topological polar surface area (TPSA) is 38.1 Å². The number of hydrogen-bond donors (Lipinski definition) is 0. The van der Waals surface area contributed by atoms with Crippen LogP contribution in [0, 0.1) is 31.6 Å². The summed E-state index contributed by atoms with van der Waals surface area (Å²) < 4.78 is 1.99. The van der Waals surface area contributed by atoms with Crippen molar-refractivity contribution in [2.45, 2.75) is 46.1 Å². The van der Waals surface area contributed by atoms with Crippen molar-refractivity contribution in [1.29, 1.82) is 0 Å². The third-order valence-electron chi connectivity index (χ3n) is 6.27. The number of rotatable bonds is 4. The summed E-state index contributed by atoms with van der Waals surface area (Å²) in [7, 11) is 1.95. The Kier molecular flexibility index (Phi) is 4.14. The molecule has 1 aromatic carbocycles. The molecule has 25 heavy (non-hydrogen) atoms. The van der Waals surface area contributed by atoms with E-state index in [0.717, 1.165) is 29.4 Å². The highest BCUT2D eigenvalue weighted by molar-refractivity contribution is 5.79. The number of carbonyl (C=O) groups excluding carboxylic acids is 1. The lowest BCUT2D eigenvalue weighted by Crippen LogP contribution is -2.35. The first-order valence-corrected chi connectivity index (χ1v) is 9.40. The highest BCUT2D eigenvalue weighted by Crippen LogP contribution is 2.48. The van der Waals surface area contributed by atoms with Crippen molar-refractivity contribution < 1.29 is 4.79 Å². The molecule has 2 aliphatic carbocycles. The predicted octanol–water partition coefficient (Wildman–Crippen LogP) is 3.88. The van der Waals surface area contributed by atoms with Gasteiger partial charge in [-0.2, -0.15) is 5.10 Å². The van der Waals surface area contributed by atoms with E-state index in [4.69, 9.17) is 5.10 Å². The van der Waals surface area contributed by atoms with E-state index in [9.17, 15) is 4.79 Å². The van der Waals surface area contributed by atoms with E-state index in [-0.39, 0.29) is 5.92 Å². The number of nitrogens with zero attached hydrogens (tertiary/aromatic N) is 3. The second kappa shape index (κ2) is 6.32. The van der Waals surface area contributed by atoms with Gasteiger partial charge in [0.2, 0.25) is 5.91 Å². The van der Waals surface area contributed by atoms with E-state index in [1.54, 1.807) is 0 Å². The molecule has 1 amide bonds. The molecule has 0 radical (unpaired) electrons. The summed E-state index contributed by atoms with van der Waals surface area (Å²) in [6, 6.07) is 10.2. The van der Waals surface area contributed by atoms with Crippen LogP contribution in [0.3, 0.4) is 0 Å². The minimum absolute atomic E-state index is 0.258. The Balaban J connectivity index is 1.52. The standard InChI is InChI=1S/C21H27N3O/c1-14-20(15(2)24(22-14)18-7-5-4-6-8-18)13-23(3)21(25)19-12-16-9-10-17(19)11-16/h4-8,16-17,19H,9-13H2,1-3H3/t16-,17-,19+/m0/s1. The lowest BCUT2D eigenvalue weighted by atomic mass is 9.88. The fourth-order valence-electron chi connectivity index (χ4n) is 4.87. The quantitative estimate of drug-likeness (QED) is 0.849. The number of benzene rings is 1. The molecule has 4 heteroatoms. The summed E-state index contributed by atoms with van der Waals surface area (Å²) in [5.74, 6) is 2.03. The van der Waals surface area contributed by atoms with Crippen molar-refractivity contribution in [3.63, 3.8) is 0 Å². The summed E-state index contributed by atoms with van der Waals surface area (Å²) in [5.41, 5.74) is 4.37. The summed E-state index contributed by atoms with van der Waals surface area (Å²) >= 11 is 0. The molecular weight excluding hydrogens is 310 g/mol. The van der Waals surface area contributed by atoms with Gasteiger partial charge in [-0.25, -0.2) is 4.68 Å². The van der Waals surface area contributed by atoms with Crippen LogP contribution in [0.1, 0.15) is 42.6 Å². The maximum Gasteiger partial charge on any atom is 0.226 e. The van der Waals surface area contributed by atoms with Crippen LogP contribution >= 0.6 is 0 Å². The van der Waals surface area contributed by atoms with Gasteiger partial charge in [0, 0.05) is 30.8 Å². The van der Waals surface area contributed by atoms with Gasteiger partial charge in [-0.15, -0.1) is 0 Å². The van der Waals surface area contributed by atoms with Gasteiger partial charge in [-0.3, -0.25) is 4.79 Å². The molecule has 2 saturated carbocycles. The first-order valence-electron chi connectivity index (χ1n) is 9.40. The molecule has 2 bridgehead atoms. The largest absolute Gasteiger partial charge is 0.341 e. The van der Waals surface area contributed by atoms with Gasteiger partial charge in [0.25, 0.3) is 0 Å². The normalized spacial score (nSPS) is 24.7. The summed E-state index contributed by atoms with van der Waals surface area (Å²) in [6.07, 6.45) is 4.96. The smallest absolute Gasteiger partial charge is 0.226 e. The Morgan fingerprint density at radius 2 is 1.96 bits per heavy atom. The first kappa shape index (κ1) is 16.4. The van der Waals surface area contributed by atoms with Crippen LogP contribution in [-0.2, 0) is 11.3 Å². The fraction of sp³-hybridized carbons (Fsp3) is 0.524. The molecule has 3 atom stereocenters. The Bertz CT molecular complexity index is 780. The number of hydrogen-bond acceptors (Lipinski definition) is 2. The Hall–Kier alpha value is -2.10. The number of carbonyl (C=O) groups is 1. The maximum absolute atomic E-state index is 12.9. The third kappa shape index (κ3) is 2.88. The molecule has 4 rings (SSSR count). The zero-order chi connectivity index (χ0) is 17.6. The van der Waals surface area contributed by atoms with E-state index in [1.807, 2.05) is 41.8 Å². The van der Waals surface area contributed by atoms with Gasteiger partial charge >= 0.3 is 0 Å². The van der Waals surface area contributed by atoms with Crippen LogP contribution in [0.4, 0.5) is 0 Å². The number of para-hydroxylation sites is 1. The molecule has 1 aromatic heterocycles. The Labute approximate surface area is 149 Å². The first-order chi connectivity index (χ1) is 12.0. The lowest BCUT2D eigenvalue weighted by molar-refractivity contribution is -0.136. The van der Waals surface area contributed by atoms with Crippen LogP contribution in [-0.4, -0.2) is 27.6 Å². The van der Waals surface area contributed by atoms with Crippen LogP contribution in [0.25, 0.3) is 5.69 Å². The predicted molar refractivity (Wildman–Crippen MR) is 98.5 cm³/mol. The van der Waals surface area contributed by atoms with Gasteiger partial charge < -0.3 is 4.90 Å². The molecule has 0 N–H and O–H groups in total. The van der Waals surface area contributed by atoms with Gasteiger partial charge in [-0.05, 0) is 57.1 Å². The molecule has 2 aromatic rings. The van der Waals surface area contributed by atoms with Gasteiger partial charge in [0.05, 0.1) is 11.4 Å². The zero-order valence-corrected chi connectivity index (χ0v) is 15.4. The summed E-state index contributed by atoms with van der Waals surface area (Å²) in [5, 5.41) is 4.71. The van der Waals surface area contributed by atoms with E-state index in [2.05, 4.69) is 19.1 Å². The van der Waals surface area contributed by atoms with E-state index >= 15 is 0 Å². The molecule has 0 unspecified atom stereocenters. The van der Waals surface area contributed by atoms with Crippen molar-refractivity contribution in [1.82, 2.24) is 14.7 Å². The highest BCUT2D eigenvalue weighted by Gasteiger charge is 2.44. The maximum atomic E-state index is 12.9. The van der Waals surface area contributed by atoms with Crippen molar-refractivity contribution in [3.05, 3.63) is 47.3 Å². The van der Waals surface area contributed by atoms with E-state index < -0.39 is 0 Å². The van der Waals surface area contributed by atoms with E-state index in [1.165, 1.54) is 24.8 Å². The number of aromatic nitrogens is 2. The van der Waals surface area contributed by atoms with Crippen LogP contribution in [0.15, 0.2) is 30.3 Å². The van der Waals surface area contributed by atoms with Gasteiger partial charge in [0.1, 0.15) is 0 Å². The Morgan fingerprint density at radius 3 is 2.60 bits per heavy atom. The van der Waals surface area contributed by atoms with Crippen molar-refractivity contribution >= 4 is 5.91 Å². The van der Waals surface area contributed by atoms with Crippen LogP contribution in [0.2, 0.25) is 0 Å². The molecule has 0 saturated heterocycles. The highest BCUT2D eigenvalue weighted by atomic mass is 16.2. The molecule has 0 spiro atoms. The second-order valence-corrected chi connectivity index (χ2v) is 7.87. The minimum Gasteiger partial charge on any atom is -0.341 e. The summed E-state index contributed by atoms with van der Waals surface area (Å²) in [4.78, 5) is 14.9. The van der Waals surface area contributed by atoms with Gasteiger partial charge in [0.15, 0.2) is 0 Å². The number of amides is 1. The molecule has 0 aliphatic heterocycles. The fourth-order valence-corrected chi connectivity index (χ4v) is 4.87. The van der Waals surface area contributed by atoms with Crippen molar-refractivity contribution in [2.75, 3.05) is 7.05 Å². The van der Waals surface area contributed by atoms with Crippen LogP contribution in [0.5, 0.6) is 0 Å². The Morgan fingerprint density at radius 1 is 1.20 bits per heavy atom. The molecule has 1 heterocycles. The molecule has 2 fully saturated rings. The summed E-state index contributed by atoms with van der Waals surface area (Å²) in [6.45, 7) is 4.78. The number of fused-ring (bicyclic) bond motifs is 2. The van der Waals surface area contributed by atoms with Crippen LogP contribution < -0.4 is 0 Å². The average molecular weight is 337 g/mol. The molecule has 132 valence electrons. The SMILES string of the molecule is Cc1nn(-c2ccccc2)c(C)c1CN(C)C(=O)[C@@H]1C[C@H]2CC[C@H]1C2. The zero-order valence-electron chi connectivity index (χ0n) is 15.4. The monoisotopic (exact) mass is 337 g/mol. The minimum atomic E-state index is 0.258. The van der Waals surface area contributed by atoms with Gasteiger partial charge in [-0.1, -0.05) is 24.6 Å².